The highest BCUT2D eigenvalue weighted by molar-refractivity contribution is 5.69. The van der Waals surface area contributed by atoms with E-state index in [0.717, 1.165) is 5.69 Å². The monoisotopic (exact) mass is 482 g/mol. The van der Waals surface area contributed by atoms with Crippen molar-refractivity contribution in [3.05, 3.63) is 42.5 Å². The number of nitrogens with zero attached hydrogens (tertiary/aromatic N) is 6. The van der Waals surface area contributed by atoms with Crippen LogP contribution in [-0.2, 0) is 4.74 Å². The van der Waals surface area contributed by atoms with Crippen LogP contribution >= 0.6 is 0 Å². The Kier molecular flexibility index (Phi) is 7.93. The van der Waals surface area contributed by atoms with Gasteiger partial charge in [-0.05, 0) is 54.0 Å². The summed E-state index contributed by atoms with van der Waals surface area (Å²) in [4.78, 5) is 28.1. The number of aryl methyl sites for hydroxylation is 1. The minimum atomic E-state index is -0.600. The quantitative estimate of drug-likeness (QED) is 0.317. The lowest BCUT2D eigenvalue weighted by atomic mass is 10.1. The summed E-state index contributed by atoms with van der Waals surface area (Å²) in [5.41, 5.74) is 1.98. The number of pyridine rings is 1. The zero-order valence-electron chi connectivity index (χ0n) is 21.5. The molecule has 10 nitrogen and oxygen atoms in total. The molecule has 0 saturated carbocycles. The van der Waals surface area contributed by atoms with Gasteiger partial charge in [0.2, 0.25) is 5.65 Å². The van der Waals surface area contributed by atoms with Crippen LogP contribution in [0.3, 0.4) is 0 Å². The molecule has 3 aromatic rings. The average Bonchev–Trinajstić information content (AvgIpc) is 3.18. The van der Waals surface area contributed by atoms with E-state index in [1.165, 1.54) is 0 Å². The van der Waals surface area contributed by atoms with E-state index in [4.69, 9.17) is 14.2 Å². The first-order chi connectivity index (χ1) is 16.6. The SMILES string of the molecule is C=CCCOc1nc(-c2cc([C@@H](C)N(CC)C(=O)OC(C)(C)C)ncc2OC)nn2cc(C)nc12. The molecule has 188 valence electrons. The van der Waals surface area contributed by atoms with Gasteiger partial charge in [0.15, 0.2) is 5.82 Å². The minimum absolute atomic E-state index is 0.359. The largest absolute Gasteiger partial charge is 0.494 e. The number of imidazole rings is 1. The van der Waals surface area contributed by atoms with E-state index in [2.05, 4.69) is 26.6 Å². The maximum absolute atomic E-state index is 12.8. The molecular formula is C25H34N6O4. The second-order valence-corrected chi connectivity index (χ2v) is 9.07. The fourth-order valence-corrected chi connectivity index (χ4v) is 3.49. The Morgan fingerprint density at radius 3 is 2.69 bits per heavy atom. The highest BCUT2D eigenvalue weighted by atomic mass is 16.6. The first-order valence-electron chi connectivity index (χ1n) is 11.6. The number of aromatic nitrogens is 5. The van der Waals surface area contributed by atoms with Crippen molar-refractivity contribution >= 4 is 11.7 Å². The summed E-state index contributed by atoms with van der Waals surface area (Å²) >= 11 is 0. The average molecular weight is 483 g/mol. The molecule has 0 spiro atoms. The van der Waals surface area contributed by atoms with Gasteiger partial charge < -0.3 is 19.1 Å². The molecule has 0 radical (unpaired) electrons. The third kappa shape index (κ3) is 6.06. The Morgan fingerprint density at radius 2 is 2.06 bits per heavy atom. The summed E-state index contributed by atoms with van der Waals surface area (Å²) in [5.74, 6) is 1.24. The Labute approximate surface area is 206 Å². The van der Waals surface area contributed by atoms with Crippen molar-refractivity contribution in [2.75, 3.05) is 20.3 Å². The number of methoxy groups -OCH3 is 1. The lowest BCUT2D eigenvalue weighted by Gasteiger charge is -2.30. The lowest BCUT2D eigenvalue weighted by Crippen LogP contribution is -2.38. The van der Waals surface area contributed by atoms with Crippen LogP contribution in [0.4, 0.5) is 4.79 Å². The fourth-order valence-electron chi connectivity index (χ4n) is 3.49. The van der Waals surface area contributed by atoms with Gasteiger partial charge in [-0.1, -0.05) is 6.08 Å². The van der Waals surface area contributed by atoms with E-state index in [0.29, 0.717) is 53.9 Å². The molecule has 0 fully saturated rings. The van der Waals surface area contributed by atoms with Crippen molar-refractivity contribution < 1.29 is 19.0 Å². The molecule has 3 heterocycles. The molecule has 0 bridgehead atoms. The molecule has 0 aliphatic carbocycles. The van der Waals surface area contributed by atoms with Crippen molar-refractivity contribution in [3.63, 3.8) is 0 Å². The smallest absolute Gasteiger partial charge is 0.410 e. The van der Waals surface area contributed by atoms with E-state index >= 15 is 0 Å². The molecule has 0 N–H and O–H groups in total. The topological polar surface area (TPSA) is 104 Å². The Hall–Kier alpha value is -3.69. The number of fused-ring (bicyclic) bond motifs is 1. The summed E-state index contributed by atoms with van der Waals surface area (Å²) < 4.78 is 18.7. The summed E-state index contributed by atoms with van der Waals surface area (Å²) in [7, 11) is 1.56. The van der Waals surface area contributed by atoms with Crippen LogP contribution in [0.1, 0.15) is 58.5 Å². The zero-order valence-corrected chi connectivity index (χ0v) is 21.5. The molecule has 10 heteroatoms. The van der Waals surface area contributed by atoms with Crippen molar-refractivity contribution in [3.8, 4) is 23.0 Å². The maximum Gasteiger partial charge on any atom is 0.410 e. The number of hydrogen-bond donors (Lipinski definition) is 0. The summed E-state index contributed by atoms with van der Waals surface area (Å²) in [5, 5.41) is 4.64. The van der Waals surface area contributed by atoms with Crippen LogP contribution in [0.25, 0.3) is 17.0 Å². The van der Waals surface area contributed by atoms with E-state index in [1.807, 2.05) is 47.6 Å². The highest BCUT2D eigenvalue weighted by Crippen LogP contribution is 2.32. The van der Waals surface area contributed by atoms with Gasteiger partial charge in [-0.2, -0.15) is 4.98 Å². The molecule has 1 atom stereocenters. The van der Waals surface area contributed by atoms with E-state index < -0.39 is 11.7 Å². The predicted octanol–water partition coefficient (Wildman–Crippen LogP) is 4.78. The molecule has 0 aliphatic heterocycles. The first-order valence-corrected chi connectivity index (χ1v) is 11.6. The van der Waals surface area contributed by atoms with Crippen molar-refractivity contribution in [1.29, 1.82) is 0 Å². The number of carbonyl (C=O) groups excluding carboxylic acids is 1. The van der Waals surface area contributed by atoms with Crippen LogP contribution in [0.2, 0.25) is 0 Å². The standard InChI is InChI=1S/C25H34N6O4/c1-9-11-12-34-23-22-27-16(3)15-31(22)29-21(28-23)18-13-19(26-14-20(18)33-8)17(4)30(10-2)24(32)35-25(5,6)7/h9,13-15,17H,1,10-12H2,2-8H3/t17-/m1/s1. The molecule has 3 aromatic heterocycles. The Balaban J connectivity index is 2.05. The van der Waals surface area contributed by atoms with Crippen LogP contribution in [0, 0.1) is 6.92 Å². The van der Waals surface area contributed by atoms with E-state index in [-0.39, 0.29) is 6.04 Å². The van der Waals surface area contributed by atoms with Crippen LogP contribution in [0.5, 0.6) is 11.6 Å². The zero-order chi connectivity index (χ0) is 25.8. The van der Waals surface area contributed by atoms with Gasteiger partial charge in [0.1, 0.15) is 11.4 Å². The van der Waals surface area contributed by atoms with Gasteiger partial charge in [0, 0.05) is 6.54 Å². The summed E-state index contributed by atoms with van der Waals surface area (Å²) in [6.45, 7) is 15.8. The number of amides is 1. The normalized spacial score (nSPS) is 12.3. The van der Waals surface area contributed by atoms with Gasteiger partial charge >= 0.3 is 6.09 Å². The number of carbonyl (C=O) groups is 1. The van der Waals surface area contributed by atoms with Crippen LogP contribution in [-0.4, -0.2) is 61.4 Å². The first kappa shape index (κ1) is 25.9. The van der Waals surface area contributed by atoms with E-state index in [9.17, 15) is 4.79 Å². The molecular weight excluding hydrogens is 448 g/mol. The van der Waals surface area contributed by atoms with Gasteiger partial charge in [0.25, 0.3) is 5.88 Å². The molecule has 1 amide bonds. The number of ether oxygens (including phenoxy) is 3. The summed E-state index contributed by atoms with van der Waals surface area (Å²) in [6, 6.07) is 1.47. The second kappa shape index (κ2) is 10.7. The van der Waals surface area contributed by atoms with Crippen molar-refractivity contribution in [2.45, 2.75) is 59.6 Å². The molecule has 3 rings (SSSR count). The summed E-state index contributed by atoms with van der Waals surface area (Å²) in [6.07, 6.45) is 5.45. The maximum atomic E-state index is 12.8. The molecule has 0 aromatic carbocycles. The molecule has 0 unspecified atom stereocenters. The van der Waals surface area contributed by atoms with Gasteiger partial charge in [-0.25, -0.2) is 14.3 Å². The molecule has 0 aliphatic rings. The molecule has 35 heavy (non-hydrogen) atoms. The Morgan fingerprint density at radius 1 is 1.31 bits per heavy atom. The van der Waals surface area contributed by atoms with Gasteiger partial charge in [-0.3, -0.25) is 4.98 Å². The minimum Gasteiger partial charge on any atom is -0.494 e. The van der Waals surface area contributed by atoms with Crippen LogP contribution < -0.4 is 9.47 Å². The number of hydrogen-bond acceptors (Lipinski definition) is 8. The molecule has 0 saturated heterocycles. The van der Waals surface area contributed by atoms with Gasteiger partial charge in [-0.15, -0.1) is 11.7 Å². The van der Waals surface area contributed by atoms with Crippen molar-refractivity contribution in [2.24, 2.45) is 0 Å². The third-order valence-electron chi connectivity index (χ3n) is 5.18. The Bertz CT molecular complexity index is 1200. The lowest BCUT2D eigenvalue weighted by molar-refractivity contribution is 0.0182. The second-order valence-electron chi connectivity index (χ2n) is 9.07. The van der Waals surface area contributed by atoms with E-state index in [1.54, 1.807) is 35.0 Å². The predicted molar refractivity (Wildman–Crippen MR) is 133 cm³/mol. The van der Waals surface area contributed by atoms with Gasteiger partial charge in [0.05, 0.1) is 49.1 Å². The number of rotatable bonds is 9. The van der Waals surface area contributed by atoms with Crippen LogP contribution in [0.15, 0.2) is 31.1 Å². The highest BCUT2D eigenvalue weighted by Gasteiger charge is 2.27. The fraction of sp³-hybridized carbons (Fsp3) is 0.480. The van der Waals surface area contributed by atoms with Crippen molar-refractivity contribution in [1.82, 2.24) is 29.5 Å². The third-order valence-corrected chi connectivity index (χ3v) is 5.18.